The third-order valence-electron chi connectivity index (χ3n) is 5.05. The minimum atomic E-state index is 0. The minimum Gasteiger partial charge on any atom is -1.00 e. The Labute approximate surface area is 199 Å². The van der Waals surface area contributed by atoms with E-state index < -0.39 is 0 Å². The van der Waals surface area contributed by atoms with E-state index in [0.717, 1.165) is 37.4 Å². The largest absolute Gasteiger partial charge is 1.00 e. The molecule has 158 valence electrons. The van der Waals surface area contributed by atoms with E-state index in [4.69, 9.17) is 4.98 Å². The fourth-order valence-corrected chi connectivity index (χ4v) is 5.98. The van der Waals surface area contributed by atoms with Gasteiger partial charge in [-0.15, -0.1) is 0 Å². The summed E-state index contributed by atoms with van der Waals surface area (Å²) < 4.78 is 5.36. The van der Waals surface area contributed by atoms with Gasteiger partial charge in [-0.05, 0) is 0 Å². The summed E-state index contributed by atoms with van der Waals surface area (Å²) >= 11 is 0.312. The van der Waals surface area contributed by atoms with Crippen molar-refractivity contribution in [2.75, 3.05) is 31.1 Å². The predicted octanol–water partition coefficient (Wildman–Crippen LogP) is 1.62. The Hall–Kier alpha value is -0.911. The van der Waals surface area contributed by atoms with Gasteiger partial charge in [0, 0.05) is 0 Å². The van der Waals surface area contributed by atoms with Crippen molar-refractivity contribution in [3.05, 3.63) is 41.8 Å². The SMILES string of the molecule is CCCN(CCC)c1ccc2nc3ccc(=[N+](CCC)CCC)cc-3[se]c2c1.[I-]. The maximum Gasteiger partial charge on any atom is -1.00 e. The first-order chi connectivity index (χ1) is 13.7. The second kappa shape index (κ2) is 12.1. The Morgan fingerprint density at radius 3 is 2.17 bits per heavy atom. The van der Waals surface area contributed by atoms with Gasteiger partial charge >= 0.3 is 176 Å². The van der Waals surface area contributed by atoms with E-state index in [1.54, 1.807) is 0 Å². The van der Waals surface area contributed by atoms with Crippen molar-refractivity contribution in [1.29, 1.82) is 0 Å². The average Bonchev–Trinajstić information content (AvgIpc) is 2.71. The first kappa shape index (κ1) is 24.4. The molecule has 0 atom stereocenters. The first-order valence-corrected chi connectivity index (χ1v) is 12.6. The second-order valence-electron chi connectivity index (χ2n) is 7.49. The minimum absolute atomic E-state index is 0. The number of benzene rings is 2. The van der Waals surface area contributed by atoms with Crippen LogP contribution in [0.4, 0.5) is 5.69 Å². The molecule has 1 aliphatic heterocycles. The van der Waals surface area contributed by atoms with Crippen molar-refractivity contribution < 1.29 is 24.0 Å². The Kier molecular flexibility index (Phi) is 10.1. The van der Waals surface area contributed by atoms with Crippen LogP contribution in [0.2, 0.25) is 0 Å². The summed E-state index contributed by atoms with van der Waals surface area (Å²) in [6.07, 6.45) is 4.74. The Bertz CT molecular complexity index is 936. The number of rotatable bonds is 9. The van der Waals surface area contributed by atoms with Crippen molar-refractivity contribution in [2.24, 2.45) is 0 Å². The molecule has 1 aromatic rings. The monoisotopic (exact) mass is 571 g/mol. The van der Waals surface area contributed by atoms with E-state index in [1.165, 1.54) is 45.4 Å². The summed E-state index contributed by atoms with van der Waals surface area (Å²) in [6, 6.07) is 13.8. The maximum atomic E-state index is 4.97. The fraction of sp³-hybridized carbons (Fsp3) is 0.500. The van der Waals surface area contributed by atoms with Gasteiger partial charge in [-0.3, -0.25) is 0 Å². The van der Waals surface area contributed by atoms with E-state index >= 15 is 0 Å². The molecule has 0 N–H and O–H groups in total. The molecule has 0 radical (unpaired) electrons. The van der Waals surface area contributed by atoms with Gasteiger partial charge in [0.05, 0.1) is 0 Å². The molecule has 0 spiro atoms. The first-order valence-electron chi connectivity index (χ1n) is 10.9. The molecular weight excluding hydrogens is 536 g/mol. The number of aromatic nitrogens is 1. The number of nitrogens with zero attached hydrogens (tertiary/aromatic N) is 3. The van der Waals surface area contributed by atoms with Crippen molar-refractivity contribution in [2.45, 2.75) is 53.4 Å². The van der Waals surface area contributed by atoms with Gasteiger partial charge in [0.25, 0.3) is 0 Å². The molecule has 3 nitrogen and oxygen atoms in total. The van der Waals surface area contributed by atoms with E-state index in [1.807, 2.05) is 0 Å². The Balaban J connectivity index is 0.00000300. The molecule has 1 heterocycles. The molecule has 0 amide bonds. The number of hydrogen-bond donors (Lipinski definition) is 0. The van der Waals surface area contributed by atoms with Crippen LogP contribution in [0.25, 0.3) is 19.9 Å². The van der Waals surface area contributed by atoms with Crippen LogP contribution in [0.1, 0.15) is 53.4 Å². The number of hydrogen-bond acceptors (Lipinski definition) is 2. The molecule has 3 rings (SSSR count). The summed E-state index contributed by atoms with van der Waals surface area (Å²) in [5.41, 5.74) is 3.68. The van der Waals surface area contributed by atoms with Crippen LogP contribution in [0.15, 0.2) is 36.4 Å². The Morgan fingerprint density at radius 2 is 1.55 bits per heavy atom. The molecule has 5 heteroatoms. The van der Waals surface area contributed by atoms with Gasteiger partial charge < -0.3 is 24.0 Å². The summed E-state index contributed by atoms with van der Waals surface area (Å²) in [5.74, 6) is 0. The third kappa shape index (κ3) is 6.05. The number of halogens is 1. The molecule has 0 aromatic heterocycles. The van der Waals surface area contributed by atoms with Crippen LogP contribution in [0, 0.1) is 0 Å². The topological polar surface area (TPSA) is 19.1 Å². The fourth-order valence-electron chi connectivity index (χ4n) is 3.82. The molecule has 0 fully saturated rings. The van der Waals surface area contributed by atoms with E-state index in [-0.39, 0.29) is 24.0 Å². The number of anilines is 1. The second-order valence-corrected chi connectivity index (χ2v) is 9.77. The molecule has 1 aromatic carbocycles. The van der Waals surface area contributed by atoms with Crippen LogP contribution in [-0.4, -0.2) is 45.7 Å². The summed E-state index contributed by atoms with van der Waals surface area (Å²) in [4.78, 5) is 7.49. The zero-order valence-electron chi connectivity index (χ0n) is 18.2. The number of fused-ring (bicyclic) bond motifs is 2. The molecule has 2 aliphatic rings. The molecular formula is C24H34IN3Se. The van der Waals surface area contributed by atoms with Crippen LogP contribution < -0.4 is 38.8 Å². The Morgan fingerprint density at radius 1 is 0.862 bits per heavy atom. The maximum absolute atomic E-state index is 4.97. The van der Waals surface area contributed by atoms with Gasteiger partial charge in [-0.1, -0.05) is 0 Å². The summed E-state index contributed by atoms with van der Waals surface area (Å²) in [6.45, 7) is 13.5. The van der Waals surface area contributed by atoms with Gasteiger partial charge in [0.15, 0.2) is 0 Å². The normalized spacial score (nSPS) is 10.9. The van der Waals surface area contributed by atoms with E-state index in [9.17, 15) is 0 Å². The zero-order valence-corrected chi connectivity index (χ0v) is 22.1. The van der Waals surface area contributed by atoms with E-state index in [2.05, 4.69) is 73.6 Å². The van der Waals surface area contributed by atoms with Crippen molar-refractivity contribution in [3.8, 4) is 10.1 Å². The van der Waals surface area contributed by atoms with Crippen molar-refractivity contribution in [3.63, 3.8) is 0 Å². The van der Waals surface area contributed by atoms with Gasteiger partial charge in [-0.2, -0.15) is 0 Å². The quantitative estimate of drug-likeness (QED) is 0.169. The average molecular weight is 570 g/mol. The predicted molar refractivity (Wildman–Crippen MR) is 124 cm³/mol. The van der Waals surface area contributed by atoms with Crippen molar-refractivity contribution >= 4 is 30.0 Å². The van der Waals surface area contributed by atoms with Gasteiger partial charge in [0.1, 0.15) is 0 Å². The zero-order chi connectivity index (χ0) is 19.9. The molecule has 0 saturated carbocycles. The van der Waals surface area contributed by atoms with Crippen LogP contribution in [-0.2, 0) is 0 Å². The van der Waals surface area contributed by atoms with Crippen LogP contribution in [0.3, 0.4) is 0 Å². The molecule has 29 heavy (non-hydrogen) atoms. The third-order valence-corrected chi connectivity index (χ3v) is 7.35. The van der Waals surface area contributed by atoms with E-state index in [0.29, 0.717) is 14.5 Å². The van der Waals surface area contributed by atoms with Crippen molar-refractivity contribution in [1.82, 2.24) is 9.56 Å². The molecule has 1 aliphatic carbocycles. The standard InChI is InChI=1S/C24H34N3Se.HI/c1-5-13-26(14-6-2)19-9-11-21-23(17-19)28-24-18-20(10-12-22(24)25-21)27(15-7-3)16-8-4;/h9-12,17-18H,5-8,13-16H2,1-4H3;1H/q+1;/p-1. The summed E-state index contributed by atoms with van der Waals surface area (Å²) in [7, 11) is 0. The van der Waals surface area contributed by atoms with Gasteiger partial charge in [0.2, 0.25) is 0 Å². The van der Waals surface area contributed by atoms with Gasteiger partial charge in [-0.25, -0.2) is 0 Å². The molecule has 0 unspecified atom stereocenters. The smallest absolute Gasteiger partial charge is 1.00 e. The molecule has 0 bridgehead atoms. The van der Waals surface area contributed by atoms with Crippen LogP contribution >= 0.6 is 0 Å². The van der Waals surface area contributed by atoms with Crippen LogP contribution in [0.5, 0.6) is 0 Å². The summed E-state index contributed by atoms with van der Waals surface area (Å²) in [5, 5.41) is 1.36. The molecule has 0 saturated heterocycles.